The van der Waals surface area contributed by atoms with Gasteiger partial charge in [0.05, 0.1) is 10.7 Å². The second-order valence-electron chi connectivity index (χ2n) is 6.05. The zero-order chi connectivity index (χ0) is 16.4. The van der Waals surface area contributed by atoms with E-state index in [9.17, 15) is 0 Å². The Morgan fingerprint density at radius 3 is 2.74 bits per heavy atom. The second-order valence-corrected chi connectivity index (χ2v) is 7.07. The number of hydrogen-bond donors (Lipinski definition) is 1. The standard InChI is InChI=1S/C19H23N3S/c1-5-14-6-7-17-15(8-14)9-19(21-17)23-12-16-10-18(22(3)4)13(2)11-20-16/h6-11,21H,5,12H2,1-4H3. The summed E-state index contributed by atoms with van der Waals surface area (Å²) in [6.45, 7) is 4.29. The molecule has 0 unspecified atom stereocenters. The topological polar surface area (TPSA) is 31.9 Å². The minimum absolute atomic E-state index is 0.870. The molecule has 23 heavy (non-hydrogen) atoms. The van der Waals surface area contributed by atoms with Gasteiger partial charge in [-0.3, -0.25) is 4.98 Å². The summed E-state index contributed by atoms with van der Waals surface area (Å²) in [4.78, 5) is 10.2. The van der Waals surface area contributed by atoms with Crippen LogP contribution in [0, 0.1) is 6.92 Å². The Balaban J connectivity index is 1.76. The molecule has 0 bridgehead atoms. The van der Waals surface area contributed by atoms with E-state index in [0.717, 1.165) is 17.9 Å². The van der Waals surface area contributed by atoms with Gasteiger partial charge in [0, 0.05) is 42.6 Å². The number of benzene rings is 1. The maximum absolute atomic E-state index is 4.56. The number of nitrogens with one attached hydrogen (secondary N) is 1. The highest BCUT2D eigenvalue weighted by Crippen LogP contribution is 2.28. The van der Waals surface area contributed by atoms with Crippen molar-refractivity contribution in [2.24, 2.45) is 0 Å². The van der Waals surface area contributed by atoms with Gasteiger partial charge in [0.1, 0.15) is 0 Å². The minimum atomic E-state index is 0.870. The van der Waals surface area contributed by atoms with Gasteiger partial charge in [-0.05, 0) is 48.7 Å². The van der Waals surface area contributed by atoms with E-state index in [-0.39, 0.29) is 0 Å². The number of thioether (sulfide) groups is 1. The van der Waals surface area contributed by atoms with Crippen LogP contribution in [0.1, 0.15) is 23.7 Å². The molecule has 0 radical (unpaired) electrons. The predicted octanol–water partition coefficient (Wildman–Crippen LogP) is 4.79. The number of aromatic amines is 1. The molecule has 0 saturated carbocycles. The largest absolute Gasteiger partial charge is 0.377 e. The third-order valence-corrected chi connectivity index (χ3v) is 5.03. The maximum Gasteiger partial charge on any atom is 0.0736 e. The van der Waals surface area contributed by atoms with Gasteiger partial charge >= 0.3 is 0 Å². The molecule has 120 valence electrons. The van der Waals surface area contributed by atoms with Crippen LogP contribution in [0.15, 0.2) is 41.6 Å². The lowest BCUT2D eigenvalue weighted by Gasteiger charge is -2.16. The lowest BCUT2D eigenvalue weighted by Crippen LogP contribution is -2.11. The third kappa shape index (κ3) is 3.53. The first-order chi connectivity index (χ1) is 11.1. The van der Waals surface area contributed by atoms with Crippen molar-refractivity contribution in [3.05, 3.63) is 53.3 Å². The first-order valence-corrected chi connectivity index (χ1v) is 8.92. The van der Waals surface area contributed by atoms with Gasteiger partial charge in [0.15, 0.2) is 0 Å². The van der Waals surface area contributed by atoms with Crippen molar-refractivity contribution in [1.29, 1.82) is 0 Å². The molecule has 0 aliphatic rings. The van der Waals surface area contributed by atoms with E-state index in [1.54, 1.807) is 11.8 Å². The molecule has 0 atom stereocenters. The van der Waals surface area contributed by atoms with E-state index in [0.29, 0.717) is 0 Å². The Morgan fingerprint density at radius 1 is 1.17 bits per heavy atom. The van der Waals surface area contributed by atoms with Crippen LogP contribution in [-0.2, 0) is 12.2 Å². The summed E-state index contributed by atoms with van der Waals surface area (Å²) in [6.07, 6.45) is 3.04. The van der Waals surface area contributed by atoms with Crippen molar-refractivity contribution >= 4 is 28.4 Å². The molecule has 1 N–H and O–H groups in total. The molecule has 3 rings (SSSR count). The van der Waals surface area contributed by atoms with E-state index < -0.39 is 0 Å². The highest BCUT2D eigenvalue weighted by atomic mass is 32.2. The number of fused-ring (bicyclic) bond motifs is 1. The summed E-state index contributed by atoms with van der Waals surface area (Å²) in [5.74, 6) is 0.870. The molecular formula is C19H23N3S. The Kier molecular flexibility index (Phi) is 4.62. The zero-order valence-electron chi connectivity index (χ0n) is 14.2. The summed E-state index contributed by atoms with van der Waals surface area (Å²) in [7, 11) is 4.14. The van der Waals surface area contributed by atoms with Crippen LogP contribution in [0.5, 0.6) is 0 Å². The summed E-state index contributed by atoms with van der Waals surface area (Å²) in [5, 5.41) is 2.49. The van der Waals surface area contributed by atoms with Gasteiger partial charge in [-0.1, -0.05) is 13.0 Å². The van der Waals surface area contributed by atoms with Crippen molar-refractivity contribution in [1.82, 2.24) is 9.97 Å². The van der Waals surface area contributed by atoms with E-state index >= 15 is 0 Å². The molecule has 0 spiro atoms. The number of rotatable bonds is 5. The number of anilines is 1. The van der Waals surface area contributed by atoms with Gasteiger partial charge in [-0.15, -0.1) is 11.8 Å². The molecule has 3 nitrogen and oxygen atoms in total. The molecule has 0 fully saturated rings. The molecule has 0 saturated heterocycles. The van der Waals surface area contributed by atoms with Gasteiger partial charge in [-0.2, -0.15) is 0 Å². The average molecular weight is 325 g/mol. The first kappa shape index (κ1) is 15.9. The monoisotopic (exact) mass is 325 g/mol. The number of nitrogens with zero attached hydrogens (tertiary/aromatic N) is 2. The van der Waals surface area contributed by atoms with Crippen molar-refractivity contribution in [3.63, 3.8) is 0 Å². The van der Waals surface area contributed by atoms with Crippen LogP contribution in [0.4, 0.5) is 5.69 Å². The molecule has 0 aliphatic carbocycles. The SMILES string of the molecule is CCc1ccc2[nH]c(SCc3cc(N(C)C)c(C)cn3)cc2c1. The third-order valence-electron chi connectivity index (χ3n) is 4.06. The van der Waals surface area contributed by atoms with Crippen molar-refractivity contribution < 1.29 is 0 Å². The Labute approximate surface area is 142 Å². The van der Waals surface area contributed by atoms with E-state index in [1.165, 1.54) is 32.7 Å². The van der Waals surface area contributed by atoms with Gasteiger partial charge in [0.25, 0.3) is 0 Å². The lowest BCUT2D eigenvalue weighted by molar-refractivity contribution is 1.07. The summed E-state index contributed by atoms with van der Waals surface area (Å²) in [5.41, 5.74) is 6.14. The zero-order valence-corrected chi connectivity index (χ0v) is 15.0. The van der Waals surface area contributed by atoms with Gasteiger partial charge in [-0.25, -0.2) is 0 Å². The molecular weight excluding hydrogens is 302 g/mol. The fourth-order valence-corrected chi connectivity index (χ4v) is 3.57. The predicted molar refractivity (Wildman–Crippen MR) is 101 cm³/mol. The van der Waals surface area contributed by atoms with Gasteiger partial charge in [0.2, 0.25) is 0 Å². The fourth-order valence-electron chi connectivity index (χ4n) is 2.72. The summed E-state index contributed by atoms with van der Waals surface area (Å²) >= 11 is 1.80. The van der Waals surface area contributed by atoms with Crippen LogP contribution >= 0.6 is 11.8 Å². The molecule has 0 aliphatic heterocycles. The van der Waals surface area contributed by atoms with Crippen LogP contribution in [-0.4, -0.2) is 24.1 Å². The average Bonchev–Trinajstić information content (AvgIpc) is 2.95. The number of aryl methyl sites for hydroxylation is 2. The number of aromatic nitrogens is 2. The lowest BCUT2D eigenvalue weighted by atomic mass is 10.1. The van der Waals surface area contributed by atoms with Crippen molar-refractivity contribution in [2.75, 3.05) is 19.0 Å². The Hall–Kier alpha value is -1.94. The molecule has 0 amide bonds. The van der Waals surface area contributed by atoms with Crippen molar-refractivity contribution in [3.8, 4) is 0 Å². The first-order valence-electron chi connectivity index (χ1n) is 7.94. The fraction of sp³-hybridized carbons (Fsp3) is 0.316. The smallest absolute Gasteiger partial charge is 0.0736 e. The molecule has 2 aromatic heterocycles. The summed E-state index contributed by atoms with van der Waals surface area (Å²) < 4.78 is 0. The molecule has 3 aromatic rings. The normalized spacial score (nSPS) is 11.1. The van der Waals surface area contributed by atoms with E-state index in [2.05, 4.69) is 73.1 Å². The van der Waals surface area contributed by atoms with Gasteiger partial charge < -0.3 is 9.88 Å². The van der Waals surface area contributed by atoms with Crippen LogP contribution in [0.3, 0.4) is 0 Å². The number of H-pyrrole nitrogens is 1. The molecule has 1 aromatic carbocycles. The quantitative estimate of drug-likeness (QED) is 0.684. The highest BCUT2D eigenvalue weighted by Gasteiger charge is 2.06. The number of hydrogen-bond acceptors (Lipinski definition) is 3. The maximum atomic E-state index is 4.56. The van der Waals surface area contributed by atoms with Crippen LogP contribution in [0.25, 0.3) is 10.9 Å². The Bertz CT molecular complexity index is 821. The van der Waals surface area contributed by atoms with E-state index in [1.807, 2.05) is 6.20 Å². The molecule has 2 heterocycles. The number of pyridine rings is 1. The van der Waals surface area contributed by atoms with Crippen LogP contribution in [0.2, 0.25) is 0 Å². The van der Waals surface area contributed by atoms with Crippen LogP contribution < -0.4 is 4.90 Å². The van der Waals surface area contributed by atoms with E-state index in [4.69, 9.17) is 0 Å². The minimum Gasteiger partial charge on any atom is -0.377 e. The van der Waals surface area contributed by atoms with Crippen molar-refractivity contribution in [2.45, 2.75) is 31.0 Å². The second kappa shape index (κ2) is 6.67. The molecule has 4 heteroatoms. The highest BCUT2D eigenvalue weighted by molar-refractivity contribution is 7.98. The summed E-state index contributed by atoms with van der Waals surface area (Å²) in [6, 6.07) is 11.1. The Morgan fingerprint density at radius 2 is 2.00 bits per heavy atom.